The lowest BCUT2D eigenvalue weighted by molar-refractivity contribution is 0.111. The monoisotopic (exact) mass is 358 g/mol. The molecule has 0 unspecified atom stereocenters. The number of rotatable bonds is 16. The molecule has 0 bridgehead atoms. The second-order valence-electron chi connectivity index (χ2n) is 7.01. The first kappa shape index (κ1) is 22.5. The maximum absolute atomic E-state index is 11.4. The Hall–Kier alpha value is -1.57. The van der Waals surface area contributed by atoms with Gasteiger partial charge in [0.1, 0.15) is 5.75 Å². The fourth-order valence-corrected chi connectivity index (χ4v) is 3.26. The van der Waals surface area contributed by atoms with E-state index in [1.165, 1.54) is 64.2 Å². The number of unbranched alkanes of at least 4 members (excludes halogenated alkanes) is 9. The molecule has 1 aromatic carbocycles. The quantitative estimate of drug-likeness (QED) is 0.176. The summed E-state index contributed by atoms with van der Waals surface area (Å²) in [6, 6.07) is 5.92. The van der Waals surface area contributed by atoms with Crippen molar-refractivity contribution in [3.05, 3.63) is 41.5 Å². The van der Waals surface area contributed by atoms with E-state index in [9.17, 15) is 4.79 Å². The van der Waals surface area contributed by atoms with Gasteiger partial charge in [-0.05, 0) is 57.1 Å². The van der Waals surface area contributed by atoms with Gasteiger partial charge in [-0.3, -0.25) is 4.79 Å². The zero-order valence-corrected chi connectivity index (χ0v) is 17.0. The molecule has 0 aliphatic carbocycles. The summed E-state index contributed by atoms with van der Waals surface area (Å²) in [4.78, 5) is 11.4. The third kappa shape index (κ3) is 9.79. The van der Waals surface area contributed by atoms with Gasteiger partial charge < -0.3 is 4.74 Å². The molecule has 146 valence electrons. The number of ether oxygens (including phenoxy) is 1. The number of allylic oxidation sites excluding steroid dienone is 2. The lowest BCUT2D eigenvalue weighted by atomic mass is 10.0. The van der Waals surface area contributed by atoms with E-state index < -0.39 is 0 Å². The van der Waals surface area contributed by atoms with Crippen LogP contribution in [-0.4, -0.2) is 12.9 Å². The molecule has 0 atom stereocenters. The molecule has 0 saturated heterocycles. The maximum Gasteiger partial charge on any atom is 0.154 e. The Bertz CT molecular complexity index is 505. The Labute approximate surface area is 161 Å². The van der Waals surface area contributed by atoms with Crippen molar-refractivity contribution >= 4 is 6.29 Å². The van der Waals surface area contributed by atoms with Gasteiger partial charge in [-0.15, -0.1) is 0 Å². The van der Waals surface area contributed by atoms with Crippen LogP contribution in [0, 0.1) is 0 Å². The molecular formula is C24H38O2. The Kier molecular flexibility index (Phi) is 13.5. The number of hydrogen-bond donors (Lipinski definition) is 0. The minimum atomic E-state index is 0.594. The van der Waals surface area contributed by atoms with Crippen LogP contribution in [-0.2, 0) is 6.42 Å². The van der Waals surface area contributed by atoms with E-state index in [1.807, 2.05) is 19.1 Å². The third-order valence-electron chi connectivity index (χ3n) is 4.78. The predicted octanol–water partition coefficient (Wildman–Crippen LogP) is 7.31. The summed E-state index contributed by atoms with van der Waals surface area (Å²) >= 11 is 0. The number of aldehydes is 1. The van der Waals surface area contributed by atoms with Gasteiger partial charge in [-0.1, -0.05) is 69.7 Å². The highest BCUT2D eigenvalue weighted by Gasteiger charge is 2.08. The lowest BCUT2D eigenvalue weighted by Gasteiger charge is -2.10. The molecule has 2 heteroatoms. The molecule has 0 aromatic heterocycles. The zero-order valence-electron chi connectivity index (χ0n) is 17.0. The van der Waals surface area contributed by atoms with Gasteiger partial charge in [0, 0.05) is 0 Å². The van der Waals surface area contributed by atoms with Crippen molar-refractivity contribution in [3.63, 3.8) is 0 Å². The van der Waals surface area contributed by atoms with Gasteiger partial charge >= 0.3 is 0 Å². The van der Waals surface area contributed by atoms with Crippen molar-refractivity contribution in [2.45, 2.75) is 90.9 Å². The molecular weight excluding hydrogens is 320 g/mol. The van der Waals surface area contributed by atoms with Crippen LogP contribution in [0.4, 0.5) is 0 Å². The zero-order chi connectivity index (χ0) is 18.9. The highest BCUT2D eigenvalue weighted by atomic mass is 16.5. The Morgan fingerprint density at radius 2 is 1.50 bits per heavy atom. The summed E-state index contributed by atoms with van der Waals surface area (Å²) < 4.78 is 5.55. The van der Waals surface area contributed by atoms with Crippen molar-refractivity contribution in [2.75, 3.05) is 6.61 Å². The Balaban J connectivity index is 2.10. The average molecular weight is 359 g/mol. The minimum Gasteiger partial charge on any atom is -0.493 e. The van der Waals surface area contributed by atoms with Crippen molar-refractivity contribution in [1.82, 2.24) is 0 Å². The van der Waals surface area contributed by atoms with E-state index in [-0.39, 0.29) is 0 Å². The van der Waals surface area contributed by atoms with Crippen molar-refractivity contribution in [3.8, 4) is 5.75 Å². The summed E-state index contributed by atoms with van der Waals surface area (Å²) in [6.45, 7) is 4.80. The third-order valence-corrected chi connectivity index (χ3v) is 4.78. The first-order valence-electron chi connectivity index (χ1n) is 10.7. The topological polar surface area (TPSA) is 26.3 Å². The van der Waals surface area contributed by atoms with Crippen molar-refractivity contribution in [1.29, 1.82) is 0 Å². The highest BCUT2D eigenvalue weighted by molar-refractivity contribution is 5.81. The molecule has 0 N–H and O–H groups in total. The molecule has 0 aliphatic heterocycles. The molecule has 0 amide bonds. The van der Waals surface area contributed by atoms with Gasteiger partial charge in [0.25, 0.3) is 0 Å². The van der Waals surface area contributed by atoms with Crippen molar-refractivity contribution < 1.29 is 9.53 Å². The molecule has 0 radical (unpaired) electrons. The van der Waals surface area contributed by atoms with E-state index >= 15 is 0 Å². The molecule has 2 nitrogen and oxygen atoms in total. The van der Waals surface area contributed by atoms with Crippen LogP contribution in [0.15, 0.2) is 30.4 Å². The fourth-order valence-electron chi connectivity index (χ4n) is 3.26. The maximum atomic E-state index is 11.4. The summed E-state index contributed by atoms with van der Waals surface area (Å²) in [5.74, 6) is 0.722. The molecule has 0 fully saturated rings. The molecule has 0 aliphatic rings. The van der Waals surface area contributed by atoms with E-state index in [2.05, 4.69) is 25.1 Å². The summed E-state index contributed by atoms with van der Waals surface area (Å²) in [7, 11) is 0. The van der Waals surface area contributed by atoms with E-state index in [1.54, 1.807) is 0 Å². The standard InChI is InChI=1S/C24H38O2/c1-3-5-6-7-8-9-10-11-12-13-14-15-16-18-22-19-17-20-24(26-4-2)23(22)21-25/h10-11,17,19-21H,3-9,12-16,18H2,1-2H3. The number of benzene rings is 1. The largest absolute Gasteiger partial charge is 0.493 e. The molecule has 0 heterocycles. The van der Waals surface area contributed by atoms with E-state index in [4.69, 9.17) is 4.74 Å². The summed E-state index contributed by atoms with van der Waals surface area (Å²) in [5, 5.41) is 0. The van der Waals surface area contributed by atoms with Gasteiger partial charge in [0.15, 0.2) is 6.29 Å². The second-order valence-corrected chi connectivity index (χ2v) is 7.01. The van der Waals surface area contributed by atoms with Crippen molar-refractivity contribution in [2.24, 2.45) is 0 Å². The molecule has 1 rings (SSSR count). The fraction of sp³-hybridized carbons (Fsp3) is 0.625. The molecule has 0 spiro atoms. The van der Waals surface area contributed by atoms with Crippen LogP contribution in [0.3, 0.4) is 0 Å². The van der Waals surface area contributed by atoms with Crippen LogP contribution in [0.2, 0.25) is 0 Å². The average Bonchev–Trinajstić information content (AvgIpc) is 2.66. The smallest absolute Gasteiger partial charge is 0.154 e. The van der Waals surface area contributed by atoms with Gasteiger partial charge in [-0.2, -0.15) is 0 Å². The second kappa shape index (κ2) is 15.7. The lowest BCUT2D eigenvalue weighted by Crippen LogP contribution is -2.00. The first-order valence-corrected chi connectivity index (χ1v) is 10.7. The molecule has 26 heavy (non-hydrogen) atoms. The van der Waals surface area contributed by atoms with Gasteiger partial charge in [0.2, 0.25) is 0 Å². The van der Waals surface area contributed by atoms with Crippen LogP contribution in [0.25, 0.3) is 0 Å². The predicted molar refractivity (Wildman–Crippen MR) is 112 cm³/mol. The number of carbonyl (C=O) groups is 1. The minimum absolute atomic E-state index is 0.594. The van der Waals surface area contributed by atoms with Crippen LogP contribution < -0.4 is 4.74 Å². The van der Waals surface area contributed by atoms with Crippen LogP contribution >= 0.6 is 0 Å². The normalized spacial score (nSPS) is 11.2. The number of hydrogen-bond acceptors (Lipinski definition) is 2. The van der Waals surface area contributed by atoms with E-state index in [0.717, 1.165) is 36.0 Å². The summed E-state index contributed by atoms with van der Waals surface area (Å²) in [6.07, 6.45) is 20.8. The summed E-state index contributed by atoms with van der Waals surface area (Å²) in [5.41, 5.74) is 1.85. The Morgan fingerprint density at radius 1 is 0.846 bits per heavy atom. The van der Waals surface area contributed by atoms with E-state index in [0.29, 0.717) is 6.61 Å². The molecule has 0 saturated carbocycles. The van der Waals surface area contributed by atoms with Crippen LogP contribution in [0.1, 0.15) is 100 Å². The number of carbonyl (C=O) groups excluding carboxylic acids is 1. The highest BCUT2D eigenvalue weighted by Crippen LogP contribution is 2.22. The first-order chi connectivity index (χ1) is 12.8. The van der Waals surface area contributed by atoms with Crippen LogP contribution in [0.5, 0.6) is 5.75 Å². The number of aryl methyl sites for hydroxylation is 1. The molecule has 1 aromatic rings. The Morgan fingerprint density at radius 3 is 2.12 bits per heavy atom. The van der Waals surface area contributed by atoms with Gasteiger partial charge in [-0.25, -0.2) is 0 Å². The SMILES string of the molecule is CCCCCCCC=CCCCCCCc1cccc(OCC)c1C=O. The van der Waals surface area contributed by atoms with Gasteiger partial charge in [0.05, 0.1) is 12.2 Å².